The summed E-state index contributed by atoms with van der Waals surface area (Å²) in [6, 6.07) is 0. The first-order chi connectivity index (χ1) is 9.36. The topological polar surface area (TPSA) is 62.5 Å². The number of amides is 1. The highest BCUT2D eigenvalue weighted by molar-refractivity contribution is 7.18. The van der Waals surface area contributed by atoms with Gasteiger partial charge in [-0.05, 0) is 18.3 Å². The lowest BCUT2D eigenvalue weighted by atomic mass is 9.78. The molecule has 0 atom stereocenters. The first-order valence-electron chi connectivity index (χ1n) is 7.09. The quantitative estimate of drug-likeness (QED) is 0.930. The van der Waals surface area contributed by atoms with Crippen LogP contribution in [-0.4, -0.2) is 43.0 Å². The lowest BCUT2D eigenvalue weighted by Crippen LogP contribution is -2.41. The van der Waals surface area contributed by atoms with Crippen LogP contribution in [0.15, 0.2) is 0 Å². The van der Waals surface area contributed by atoms with E-state index in [4.69, 9.17) is 5.73 Å². The molecule has 5 nitrogen and oxygen atoms in total. The zero-order valence-electron chi connectivity index (χ0n) is 12.8. The second-order valence-electron chi connectivity index (χ2n) is 6.06. The fourth-order valence-corrected chi connectivity index (χ4v) is 3.29. The Bertz CT molecular complexity index is 489. The third kappa shape index (κ3) is 2.90. The van der Waals surface area contributed by atoms with Crippen LogP contribution in [0, 0.1) is 5.41 Å². The number of thiazole rings is 1. The van der Waals surface area contributed by atoms with Gasteiger partial charge in [0, 0.05) is 27.2 Å². The largest absolute Gasteiger partial charge is 0.382 e. The van der Waals surface area contributed by atoms with Gasteiger partial charge in [0.2, 0.25) is 0 Å². The molecule has 2 heterocycles. The number of likely N-dealkylation sites (tertiary alicyclic amines) is 1. The lowest BCUT2D eigenvalue weighted by molar-refractivity contribution is 0.0606. The van der Waals surface area contributed by atoms with Crippen molar-refractivity contribution in [1.82, 2.24) is 9.88 Å². The molecule has 0 saturated carbocycles. The number of carbonyl (C=O) groups excluding carboxylic acids is 1. The predicted octanol–water partition coefficient (Wildman–Crippen LogP) is 2.44. The van der Waals surface area contributed by atoms with Crippen LogP contribution in [-0.2, 0) is 0 Å². The molecule has 1 saturated heterocycles. The fourth-order valence-electron chi connectivity index (χ4n) is 2.41. The summed E-state index contributed by atoms with van der Waals surface area (Å²) in [4.78, 5) is 21.2. The summed E-state index contributed by atoms with van der Waals surface area (Å²) < 4.78 is 0. The van der Waals surface area contributed by atoms with E-state index in [1.165, 1.54) is 17.8 Å². The van der Waals surface area contributed by atoms with Gasteiger partial charge in [-0.15, -0.1) is 0 Å². The molecular formula is C14H24N4OS. The molecule has 1 aliphatic heterocycles. The Hall–Kier alpha value is -1.30. The lowest BCUT2D eigenvalue weighted by Gasteiger charge is -2.38. The molecule has 1 aromatic heterocycles. The minimum atomic E-state index is 0.0336. The summed E-state index contributed by atoms with van der Waals surface area (Å²) in [5, 5.41) is 0.779. The first-order valence-corrected chi connectivity index (χ1v) is 7.91. The molecule has 20 heavy (non-hydrogen) atoms. The van der Waals surface area contributed by atoms with Crippen LogP contribution in [0.4, 0.5) is 10.9 Å². The first kappa shape index (κ1) is 15.1. The smallest absolute Gasteiger partial charge is 0.267 e. The Balaban J connectivity index is 2.09. The fraction of sp³-hybridized carbons (Fsp3) is 0.714. The number of piperidine rings is 1. The Kier molecular flexibility index (Phi) is 4.22. The van der Waals surface area contributed by atoms with Crippen molar-refractivity contribution >= 4 is 28.2 Å². The van der Waals surface area contributed by atoms with Gasteiger partial charge in [-0.1, -0.05) is 31.6 Å². The van der Waals surface area contributed by atoms with Crippen LogP contribution in [0.5, 0.6) is 0 Å². The molecule has 1 amide bonds. The van der Waals surface area contributed by atoms with Crippen LogP contribution in [0.3, 0.4) is 0 Å². The highest BCUT2D eigenvalue weighted by Crippen LogP contribution is 2.35. The van der Waals surface area contributed by atoms with E-state index in [1.54, 1.807) is 0 Å². The van der Waals surface area contributed by atoms with Gasteiger partial charge in [-0.3, -0.25) is 4.79 Å². The van der Waals surface area contributed by atoms with Gasteiger partial charge >= 0.3 is 0 Å². The number of hydrogen-bond donors (Lipinski definition) is 1. The van der Waals surface area contributed by atoms with Crippen molar-refractivity contribution in [2.45, 2.75) is 33.1 Å². The van der Waals surface area contributed by atoms with Gasteiger partial charge in [-0.2, -0.15) is 0 Å². The number of nitrogen functional groups attached to an aromatic ring is 1. The van der Waals surface area contributed by atoms with Gasteiger partial charge in [-0.25, -0.2) is 4.98 Å². The monoisotopic (exact) mass is 296 g/mol. The number of hydrogen-bond acceptors (Lipinski definition) is 5. The summed E-state index contributed by atoms with van der Waals surface area (Å²) in [5.74, 6) is 0.388. The second-order valence-corrected chi connectivity index (χ2v) is 7.04. The number of aromatic nitrogens is 1. The summed E-state index contributed by atoms with van der Waals surface area (Å²) in [6.07, 6.45) is 3.30. The zero-order valence-corrected chi connectivity index (χ0v) is 13.6. The van der Waals surface area contributed by atoms with Crippen LogP contribution in [0.2, 0.25) is 0 Å². The zero-order chi connectivity index (χ0) is 14.9. The summed E-state index contributed by atoms with van der Waals surface area (Å²) in [6.45, 7) is 6.16. The minimum absolute atomic E-state index is 0.0336. The van der Waals surface area contributed by atoms with E-state index in [-0.39, 0.29) is 5.91 Å². The molecule has 6 heteroatoms. The average Bonchev–Trinajstić information content (AvgIpc) is 2.81. The molecule has 0 aliphatic carbocycles. The van der Waals surface area contributed by atoms with Gasteiger partial charge in [0.05, 0.1) is 0 Å². The molecule has 0 radical (unpaired) electrons. The molecular weight excluding hydrogens is 272 g/mol. The maximum absolute atomic E-state index is 12.6. The number of rotatable bonds is 3. The maximum atomic E-state index is 12.6. The van der Waals surface area contributed by atoms with Crippen molar-refractivity contribution in [3.8, 4) is 0 Å². The third-order valence-corrected chi connectivity index (χ3v) is 5.56. The summed E-state index contributed by atoms with van der Waals surface area (Å²) in [5.41, 5.74) is 6.27. The van der Waals surface area contributed by atoms with Crippen molar-refractivity contribution in [2.24, 2.45) is 5.41 Å². The van der Waals surface area contributed by atoms with Gasteiger partial charge < -0.3 is 15.5 Å². The Morgan fingerprint density at radius 1 is 1.45 bits per heavy atom. The number of carbonyl (C=O) groups is 1. The van der Waals surface area contributed by atoms with E-state index in [9.17, 15) is 4.79 Å². The summed E-state index contributed by atoms with van der Waals surface area (Å²) >= 11 is 1.37. The van der Waals surface area contributed by atoms with Crippen molar-refractivity contribution in [3.63, 3.8) is 0 Å². The van der Waals surface area contributed by atoms with Crippen molar-refractivity contribution < 1.29 is 4.79 Å². The van der Waals surface area contributed by atoms with Crippen molar-refractivity contribution in [2.75, 3.05) is 37.8 Å². The van der Waals surface area contributed by atoms with E-state index in [2.05, 4.69) is 18.8 Å². The third-order valence-electron chi connectivity index (χ3n) is 4.33. The second kappa shape index (κ2) is 5.60. The van der Waals surface area contributed by atoms with E-state index in [1.807, 2.05) is 23.9 Å². The van der Waals surface area contributed by atoms with Gasteiger partial charge in [0.1, 0.15) is 10.7 Å². The van der Waals surface area contributed by atoms with E-state index >= 15 is 0 Å². The van der Waals surface area contributed by atoms with Gasteiger partial charge in [0.15, 0.2) is 5.13 Å². The average molecular weight is 296 g/mol. The van der Waals surface area contributed by atoms with Crippen LogP contribution in [0.25, 0.3) is 0 Å². The minimum Gasteiger partial charge on any atom is -0.382 e. The standard InChI is InChI=1S/C14H24N4OS/c1-5-14(2)6-8-18(9-7-14)12(19)10-11(15)16-13(20-10)17(3)4/h5-9,15H2,1-4H3. The number of nitrogens with two attached hydrogens (primary N) is 1. The van der Waals surface area contributed by atoms with Crippen molar-refractivity contribution in [3.05, 3.63) is 4.88 Å². The number of nitrogens with zero attached hydrogens (tertiary/aromatic N) is 3. The Morgan fingerprint density at radius 2 is 2.05 bits per heavy atom. The SMILES string of the molecule is CCC1(C)CCN(C(=O)c2sc(N(C)C)nc2N)CC1. The highest BCUT2D eigenvalue weighted by Gasteiger charge is 2.32. The molecule has 0 aromatic carbocycles. The normalized spacial score (nSPS) is 18.1. The summed E-state index contributed by atoms with van der Waals surface area (Å²) in [7, 11) is 3.81. The molecule has 0 unspecified atom stereocenters. The number of anilines is 2. The van der Waals surface area contributed by atoms with E-state index < -0.39 is 0 Å². The van der Waals surface area contributed by atoms with Gasteiger partial charge in [0.25, 0.3) is 5.91 Å². The van der Waals surface area contributed by atoms with Crippen LogP contribution < -0.4 is 10.6 Å². The molecule has 112 valence electrons. The molecule has 1 fully saturated rings. The highest BCUT2D eigenvalue weighted by atomic mass is 32.1. The Morgan fingerprint density at radius 3 is 2.50 bits per heavy atom. The van der Waals surface area contributed by atoms with Crippen LogP contribution >= 0.6 is 11.3 Å². The Labute approximate surface area is 124 Å². The molecule has 2 rings (SSSR count). The van der Waals surface area contributed by atoms with E-state index in [0.29, 0.717) is 16.1 Å². The predicted molar refractivity (Wildman–Crippen MR) is 84.4 cm³/mol. The molecule has 0 bridgehead atoms. The van der Waals surface area contributed by atoms with Crippen LogP contribution in [0.1, 0.15) is 42.8 Å². The van der Waals surface area contributed by atoms with Crippen molar-refractivity contribution in [1.29, 1.82) is 0 Å². The molecule has 0 spiro atoms. The maximum Gasteiger partial charge on any atom is 0.267 e. The molecule has 2 N–H and O–H groups in total. The molecule has 1 aromatic rings. The molecule has 1 aliphatic rings. The van der Waals surface area contributed by atoms with E-state index in [0.717, 1.165) is 31.1 Å².